The quantitative estimate of drug-likeness (QED) is 0.881. The van der Waals surface area contributed by atoms with Crippen LogP contribution in [0.5, 0.6) is 0 Å². The molecule has 0 amide bonds. The van der Waals surface area contributed by atoms with Crippen LogP contribution in [-0.2, 0) is 6.42 Å². The number of rotatable bonds is 4. The fraction of sp³-hybridized carbons (Fsp3) is 0.368. The van der Waals surface area contributed by atoms with Gasteiger partial charge in [-0.25, -0.2) is 0 Å². The molecule has 0 saturated heterocycles. The number of hydrogen-bond donors (Lipinski definition) is 1. The molecule has 0 aromatic heterocycles. The van der Waals surface area contributed by atoms with Gasteiger partial charge in [-0.05, 0) is 55.5 Å². The Morgan fingerprint density at radius 2 is 1.75 bits per heavy atom. The fourth-order valence-electron chi connectivity index (χ4n) is 3.58. The number of benzene rings is 2. The molecule has 20 heavy (non-hydrogen) atoms. The van der Waals surface area contributed by atoms with E-state index in [4.69, 9.17) is 0 Å². The first-order chi connectivity index (χ1) is 9.90. The molecule has 2 aromatic rings. The first kappa shape index (κ1) is 13.4. The number of nitrogens with one attached hydrogen (secondary N) is 1. The van der Waals surface area contributed by atoms with Gasteiger partial charge in [0.1, 0.15) is 0 Å². The summed E-state index contributed by atoms with van der Waals surface area (Å²) in [5.74, 6) is 1.31. The van der Waals surface area contributed by atoms with E-state index in [1.54, 1.807) is 11.1 Å². The van der Waals surface area contributed by atoms with E-state index in [9.17, 15) is 0 Å². The zero-order chi connectivity index (χ0) is 13.8. The lowest BCUT2D eigenvalue weighted by Crippen LogP contribution is -2.25. The van der Waals surface area contributed by atoms with E-state index in [1.807, 2.05) is 7.05 Å². The largest absolute Gasteiger partial charge is 0.320 e. The van der Waals surface area contributed by atoms with Gasteiger partial charge in [-0.1, -0.05) is 54.6 Å². The topological polar surface area (TPSA) is 12.0 Å². The second-order valence-electron chi connectivity index (χ2n) is 5.78. The van der Waals surface area contributed by atoms with Gasteiger partial charge in [0.15, 0.2) is 0 Å². The molecule has 1 aliphatic carbocycles. The van der Waals surface area contributed by atoms with E-state index in [0.717, 1.165) is 12.5 Å². The van der Waals surface area contributed by atoms with Gasteiger partial charge in [-0.2, -0.15) is 0 Å². The van der Waals surface area contributed by atoms with Gasteiger partial charge in [0.2, 0.25) is 0 Å². The summed E-state index contributed by atoms with van der Waals surface area (Å²) in [5, 5.41) is 3.31. The monoisotopic (exact) mass is 265 g/mol. The van der Waals surface area contributed by atoms with Crippen LogP contribution in [0.4, 0.5) is 0 Å². The van der Waals surface area contributed by atoms with Crippen molar-refractivity contribution in [2.24, 2.45) is 5.92 Å². The maximum absolute atomic E-state index is 3.31. The third-order valence-corrected chi connectivity index (χ3v) is 4.57. The second kappa shape index (κ2) is 6.23. The molecule has 2 unspecified atom stereocenters. The first-order valence-corrected chi connectivity index (χ1v) is 7.67. The Morgan fingerprint density at radius 1 is 1.00 bits per heavy atom. The molecule has 104 valence electrons. The molecule has 0 bridgehead atoms. The van der Waals surface area contributed by atoms with Crippen LogP contribution in [0, 0.1) is 5.92 Å². The highest BCUT2D eigenvalue weighted by Crippen LogP contribution is 2.42. The van der Waals surface area contributed by atoms with Gasteiger partial charge in [0.05, 0.1) is 0 Å². The maximum Gasteiger partial charge on any atom is 0.0121 e. The standard InChI is InChI=1S/C19H23N/c1-20-14-13-17-12-11-15-7-5-6-10-18(15)19(17)16-8-3-2-4-9-16/h2-10,17,19-20H,11-14H2,1H3. The lowest BCUT2D eigenvalue weighted by atomic mass is 9.70. The van der Waals surface area contributed by atoms with Crippen LogP contribution in [-0.4, -0.2) is 13.6 Å². The van der Waals surface area contributed by atoms with Gasteiger partial charge >= 0.3 is 0 Å². The molecular formula is C19H23N. The van der Waals surface area contributed by atoms with Crippen molar-refractivity contribution < 1.29 is 0 Å². The average molecular weight is 265 g/mol. The van der Waals surface area contributed by atoms with Gasteiger partial charge < -0.3 is 5.32 Å². The smallest absolute Gasteiger partial charge is 0.0121 e. The van der Waals surface area contributed by atoms with Crippen molar-refractivity contribution in [3.63, 3.8) is 0 Å². The minimum atomic E-state index is 0.564. The molecule has 0 heterocycles. The Bertz CT molecular complexity index is 547. The molecule has 0 fully saturated rings. The van der Waals surface area contributed by atoms with Crippen molar-refractivity contribution in [2.75, 3.05) is 13.6 Å². The lowest BCUT2D eigenvalue weighted by Gasteiger charge is -2.34. The van der Waals surface area contributed by atoms with Crippen LogP contribution < -0.4 is 5.32 Å². The van der Waals surface area contributed by atoms with Gasteiger partial charge in [-0.3, -0.25) is 0 Å². The van der Waals surface area contributed by atoms with E-state index < -0.39 is 0 Å². The summed E-state index contributed by atoms with van der Waals surface area (Å²) in [6.45, 7) is 1.11. The van der Waals surface area contributed by atoms with Gasteiger partial charge in [0, 0.05) is 5.92 Å². The predicted molar refractivity (Wildman–Crippen MR) is 85.1 cm³/mol. The summed E-state index contributed by atoms with van der Waals surface area (Å²) in [7, 11) is 2.05. The van der Waals surface area contributed by atoms with E-state index in [1.165, 1.54) is 24.8 Å². The number of fused-ring (bicyclic) bond motifs is 1. The van der Waals surface area contributed by atoms with Crippen molar-refractivity contribution in [1.82, 2.24) is 5.32 Å². The Labute approximate surface area is 122 Å². The molecule has 2 atom stereocenters. The molecule has 0 saturated carbocycles. The molecule has 0 spiro atoms. The number of hydrogen-bond acceptors (Lipinski definition) is 1. The summed E-state index contributed by atoms with van der Waals surface area (Å²) < 4.78 is 0. The summed E-state index contributed by atoms with van der Waals surface area (Å²) in [5.41, 5.74) is 4.56. The van der Waals surface area contributed by atoms with Crippen molar-refractivity contribution in [3.05, 3.63) is 71.3 Å². The minimum absolute atomic E-state index is 0.564. The maximum atomic E-state index is 3.31. The van der Waals surface area contributed by atoms with Gasteiger partial charge in [-0.15, -0.1) is 0 Å². The molecule has 1 aliphatic rings. The van der Waals surface area contributed by atoms with Crippen LogP contribution >= 0.6 is 0 Å². The highest BCUT2D eigenvalue weighted by molar-refractivity contribution is 5.40. The summed E-state index contributed by atoms with van der Waals surface area (Å²) in [6, 6.07) is 20.0. The molecule has 1 N–H and O–H groups in total. The van der Waals surface area contributed by atoms with Crippen LogP contribution in [0.2, 0.25) is 0 Å². The normalized spacial score (nSPS) is 21.4. The molecule has 2 aromatic carbocycles. The highest BCUT2D eigenvalue weighted by atomic mass is 14.8. The van der Waals surface area contributed by atoms with E-state index >= 15 is 0 Å². The summed E-state index contributed by atoms with van der Waals surface area (Å²) in [4.78, 5) is 0. The summed E-state index contributed by atoms with van der Waals surface area (Å²) >= 11 is 0. The van der Waals surface area contributed by atoms with Crippen LogP contribution in [0.15, 0.2) is 54.6 Å². The molecule has 0 radical (unpaired) electrons. The Hall–Kier alpha value is -1.60. The zero-order valence-electron chi connectivity index (χ0n) is 12.2. The third-order valence-electron chi connectivity index (χ3n) is 4.57. The SMILES string of the molecule is CNCCC1CCc2ccccc2C1c1ccccc1. The Kier molecular flexibility index (Phi) is 4.17. The molecular weight excluding hydrogens is 242 g/mol. The molecule has 0 aliphatic heterocycles. The minimum Gasteiger partial charge on any atom is -0.320 e. The lowest BCUT2D eigenvalue weighted by molar-refractivity contribution is 0.379. The van der Waals surface area contributed by atoms with E-state index in [-0.39, 0.29) is 0 Å². The molecule has 1 heteroatoms. The average Bonchev–Trinajstić information content (AvgIpc) is 2.53. The predicted octanol–water partition coefficient (Wildman–Crippen LogP) is 3.99. The highest BCUT2D eigenvalue weighted by Gasteiger charge is 2.29. The Balaban J connectivity index is 1.98. The second-order valence-corrected chi connectivity index (χ2v) is 5.78. The molecule has 3 rings (SSSR count). The fourth-order valence-corrected chi connectivity index (χ4v) is 3.58. The van der Waals surface area contributed by atoms with Crippen LogP contribution in [0.25, 0.3) is 0 Å². The number of aryl methyl sites for hydroxylation is 1. The first-order valence-electron chi connectivity index (χ1n) is 7.67. The van der Waals surface area contributed by atoms with Crippen molar-refractivity contribution >= 4 is 0 Å². The molecule has 1 nitrogen and oxygen atoms in total. The van der Waals surface area contributed by atoms with Gasteiger partial charge in [0.25, 0.3) is 0 Å². The zero-order valence-corrected chi connectivity index (χ0v) is 12.2. The Morgan fingerprint density at radius 3 is 2.55 bits per heavy atom. The van der Waals surface area contributed by atoms with Crippen LogP contribution in [0.1, 0.15) is 35.4 Å². The van der Waals surface area contributed by atoms with Crippen molar-refractivity contribution in [1.29, 1.82) is 0 Å². The van der Waals surface area contributed by atoms with E-state index in [2.05, 4.69) is 59.9 Å². The van der Waals surface area contributed by atoms with E-state index in [0.29, 0.717) is 5.92 Å². The van der Waals surface area contributed by atoms with Crippen molar-refractivity contribution in [2.45, 2.75) is 25.2 Å². The van der Waals surface area contributed by atoms with Crippen molar-refractivity contribution in [3.8, 4) is 0 Å². The summed E-state index contributed by atoms with van der Waals surface area (Å²) in [6.07, 6.45) is 3.79. The van der Waals surface area contributed by atoms with Crippen LogP contribution in [0.3, 0.4) is 0 Å². The third kappa shape index (κ3) is 2.64.